The normalized spacial score (nSPS) is 12.0. The van der Waals surface area contributed by atoms with Crippen molar-refractivity contribution in [1.82, 2.24) is 10.2 Å². The number of urea groups is 1. The smallest absolute Gasteiger partial charge is 0.371 e. The van der Waals surface area contributed by atoms with Gasteiger partial charge >= 0.3 is 12.0 Å². The van der Waals surface area contributed by atoms with Crippen LogP contribution in [0.25, 0.3) is 0 Å². The zero-order valence-electron chi connectivity index (χ0n) is 12.9. The van der Waals surface area contributed by atoms with Crippen LogP contribution in [0.4, 0.5) is 4.79 Å². The molecule has 0 aliphatic carbocycles. The van der Waals surface area contributed by atoms with E-state index in [-0.39, 0.29) is 24.4 Å². The Labute approximate surface area is 125 Å². The molecule has 1 unspecified atom stereocenters. The molecule has 0 radical (unpaired) electrons. The lowest BCUT2D eigenvalue weighted by molar-refractivity contribution is 0.0660. The van der Waals surface area contributed by atoms with E-state index in [1.54, 1.807) is 6.07 Å². The van der Waals surface area contributed by atoms with Gasteiger partial charge in [0.2, 0.25) is 5.76 Å². The number of amides is 2. The molecule has 1 aromatic rings. The van der Waals surface area contributed by atoms with Crippen LogP contribution in [0.1, 0.15) is 56.3 Å². The molecule has 0 bridgehead atoms. The first kappa shape index (κ1) is 17.1. The molecule has 0 saturated heterocycles. The van der Waals surface area contributed by atoms with E-state index in [9.17, 15) is 9.59 Å². The van der Waals surface area contributed by atoms with Crippen molar-refractivity contribution < 1.29 is 19.1 Å². The molecule has 6 heteroatoms. The highest BCUT2D eigenvalue weighted by molar-refractivity contribution is 5.84. The van der Waals surface area contributed by atoms with Crippen molar-refractivity contribution in [3.63, 3.8) is 0 Å². The van der Waals surface area contributed by atoms with Gasteiger partial charge < -0.3 is 19.7 Å². The summed E-state index contributed by atoms with van der Waals surface area (Å²) in [4.78, 5) is 24.7. The van der Waals surface area contributed by atoms with Gasteiger partial charge in [0, 0.05) is 12.6 Å². The summed E-state index contributed by atoms with van der Waals surface area (Å²) >= 11 is 0. The number of unbranched alkanes of at least 4 members (excludes halogenated alkanes) is 1. The summed E-state index contributed by atoms with van der Waals surface area (Å²) < 4.78 is 5.11. The van der Waals surface area contributed by atoms with E-state index in [1.807, 2.05) is 18.7 Å². The van der Waals surface area contributed by atoms with E-state index in [4.69, 9.17) is 9.52 Å². The number of hydrogen-bond donors (Lipinski definition) is 2. The van der Waals surface area contributed by atoms with Gasteiger partial charge in [-0.15, -0.1) is 0 Å². The SMILES string of the molecule is CCCCN(C(=O)NCc1ccc(C(=O)O)o1)C(C)CC. The molecular formula is C15H24N2O4. The first-order chi connectivity index (χ1) is 9.99. The van der Waals surface area contributed by atoms with Gasteiger partial charge in [-0.1, -0.05) is 20.3 Å². The molecule has 0 aromatic carbocycles. The molecule has 0 saturated carbocycles. The predicted octanol–water partition coefficient (Wildman–Crippen LogP) is 3.09. The van der Waals surface area contributed by atoms with E-state index >= 15 is 0 Å². The largest absolute Gasteiger partial charge is 0.475 e. The Kier molecular flexibility index (Phi) is 6.78. The number of nitrogens with one attached hydrogen (secondary N) is 1. The number of nitrogens with zero attached hydrogens (tertiary/aromatic N) is 1. The first-order valence-corrected chi connectivity index (χ1v) is 7.36. The monoisotopic (exact) mass is 296 g/mol. The van der Waals surface area contributed by atoms with E-state index in [1.165, 1.54) is 6.07 Å². The molecule has 21 heavy (non-hydrogen) atoms. The van der Waals surface area contributed by atoms with Crippen LogP contribution in [-0.4, -0.2) is 34.6 Å². The number of carbonyl (C=O) groups excluding carboxylic acids is 1. The van der Waals surface area contributed by atoms with Gasteiger partial charge in [-0.3, -0.25) is 0 Å². The highest BCUT2D eigenvalue weighted by Gasteiger charge is 2.18. The van der Waals surface area contributed by atoms with E-state index in [0.29, 0.717) is 5.76 Å². The van der Waals surface area contributed by atoms with Gasteiger partial charge in [0.05, 0.1) is 6.54 Å². The molecule has 1 rings (SSSR count). The topological polar surface area (TPSA) is 82.8 Å². The second-order valence-electron chi connectivity index (χ2n) is 5.03. The molecule has 1 aromatic heterocycles. The van der Waals surface area contributed by atoms with Crippen LogP contribution in [0.2, 0.25) is 0 Å². The second-order valence-corrected chi connectivity index (χ2v) is 5.03. The van der Waals surface area contributed by atoms with Gasteiger partial charge in [-0.25, -0.2) is 9.59 Å². The fourth-order valence-electron chi connectivity index (χ4n) is 1.92. The zero-order valence-corrected chi connectivity index (χ0v) is 12.9. The lowest BCUT2D eigenvalue weighted by Crippen LogP contribution is -2.45. The molecule has 118 valence electrons. The Morgan fingerprint density at radius 2 is 2.10 bits per heavy atom. The van der Waals surface area contributed by atoms with Gasteiger partial charge in [-0.05, 0) is 31.9 Å². The summed E-state index contributed by atoms with van der Waals surface area (Å²) in [6.07, 6.45) is 2.88. The fourth-order valence-corrected chi connectivity index (χ4v) is 1.92. The minimum atomic E-state index is -1.11. The molecule has 0 aliphatic rings. The Morgan fingerprint density at radius 1 is 1.38 bits per heavy atom. The second kappa shape index (κ2) is 8.34. The highest BCUT2D eigenvalue weighted by atomic mass is 16.4. The van der Waals surface area contributed by atoms with Crippen LogP contribution in [0.15, 0.2) is 16.5 Å². The van der Waals surface area contributed by atoms with Crippen LogP contribution in [-0.2, 0) is 6.54 Å². The zero-order chi connectivity index (χ0) is 15.8. The van der Waals surface area contributed by atoms with Crippen molar-refractivity contribution in [1.29, 1.82) is 0 Å². The average molecular weight is 296 g/mol. The van der Waals surface area contributed by atoms with Gasteiger partial charge in [-0.2, -0.15) is 0 Å². The lowest BCUT2D eigenvalue weighted by Gasteiger charge is -2.28. The molecule has 0 aliphatic heterocycles. The van der Waals surface area contributed by atoms with Crippen molar-refractivity contribution in [2.24, 2.45) is 0 Å². The number of carboxylic acid groups (broad SMARTS) is 1. The third-order valence-electron chi connectivity index (χ3n) is 3.42. The average Bonchev–Trinajstić information content (AvgIpc) is 2.94. The number of aromatic carboxylic acids is 1. The minimum Gasteiger partial charge on any atom is -0.475 e. The minimum absolute atomic E-state index is 0.121. The number of furan rings is 1. The Balaban J connectivity index is 2.57. The third-order valence-corrected chi connectivity index (χ3v) is 3.42. The molecule has 1 heterocycles. The van der Waals surface area contributed by atoms with E-state index in [2.05, 4.69) is 12.2 Å². The van der Waals surface area contributed by atoms with Gasteiger partial charge in [0.1, 0.15) is 5.76 Å². The van der Waals surface area contributed by atoms with Crippen LogP contribution in [0.3, 0.4) is 0 Å². The molecule has 1 atom stereocenters. The van der Waals surface area contributed by atoms with Crippen LogP contribution in [0, 0.1) is 0 Å². The maximum atomic E-state index is 12.2. The predicted molar refractivity (Wildman–Crippen MR) is 79.3 cm³/mol. The summed E-state index contributed by atoms with van der Waals surface area (Å²) in [5.41, 5.74) is 0. The van der Waals surface area contributed by atoms with Crippen molar-refractivity contribution in [3.05, 3.63) is 23.7 Å². The summed E-state index contributed by atoms with van der Waals surface area (Å²) in [6.45, 7) is 7.05. The van der Waals surface area contributed by atoms with E-state index in [0.717, 1.165) is 25.8 Å². The molecule has 2 N–H and O–H groups in total. The van der Waals surface area contributed by atoms with Crippen LogP contribution < -0.4 is 5.32 Å². The molecule has 2 amide bonds. The Hall–Kier alpha value is -1.98. The van der Waals surface area contributed by atoms with Crippen molar-refractivity contribution in [3.8, 4) is 0 Å². The number of rotatable bonds is 8. The van der Waals surface area contributed by atoms with E-state index < -0.39 is 5.97 Å². The summed E-state index contributed by atoms with van der Waals surface area (Å²) in [7, 11) is 0. The van der Waals surface area contributed by atoms with Crippen molar-refractivity contribution in [2.75, 3.05) is 6.54 Å². The van der Waals surface area contributed by atoms with Gasteiger partial charge in [0.25, 0.3) is 0 Å². The molecular weight excluding hydrogens is 272 g/mol. The first-order valence-electron chi connectivity index (χ1n) is 7.36. The lowest BCUT2D eigenvalue weighted by atomic mass is 10.2. The summed E-state index contributed by atoms with van der Waals surface area (Å²) in [5, 5.41) is 11.6. The molecule has 0 fully saturated rings. The number of carbonyl (C=O) groups is 2. The van der Waals surface area contributed by atoms with Crippen LogP contribution in [0.5, 0.6) is 0 Å². The summed E-state index contributed by atoms with van der Waals surface area (Å²) in [6, 6.07) is 2.96. The maximum Gasteiger partial charge on any atom is 0.371 e. The third kappa shape index (κ3) is 5.13. The highest BCUT2D eigenvalue weighted by Crippen LogP contribution is 2.09. The Morgan fingerprint density at radius 3 is 2.62 bits per heavy atom. The van der Waals surface area contributed by atoms with Crippen molar-refractivity contribution in [2.45, 2.75) is 52.6 Å². The molecule has 6 nitrogen and oxygen atoms in total. The molecule has 0 spiro atoms. The summed E-state index contributed by atoms with van der Waals surface area (Å²) in [5.74, 6) is -0.805. The van der Waals surface area contributed by atoms with Gasteiger partial charge in [0.15, 0.2) is 0 Å². The quantitative estimate of drug-likeness (QED) is 0.772. The number of carboxylic acids is 1. The Bertz CT molecular complexity index is 470. The fraction of sp³-hybridized carbons (Fsp3) is 0.600. The van der Waals surface area contributed by atoms with Crippen LogP contribution >= 0.6 is 0 Å². The standard InChI is InChI=1S/C15H24N2O4/c1-4-6-9-17(11(3)5-2)15(20)16-10-12-7-8-13(21-12)14(18)19/h7-8,11H,4-6,9-10H2,1-3H3,(H,16,20)(H,18,19). The van der Waals surface area contributed by atoms with Crippen molar-refractivity contribution >= 4 is 12.0 Å². The number of hydrogen-bond acceptors (Lipinski definition) is 3. The maximum absolute atomic E-state index is 12.2.